The fourth-order valence-electron chi connectivity index (χ4n) is 4.54. The summed E-state index contributed by atoms with van der Waals surface area (Å²) >= 11 is 0. The van der Waals surface area contributed by atoms with Gasteiger partial charge in [0.05, 0.1) is 0 Å². The Kier molecular flexibility index (Phi) is 4.38. The maximum absolute atomic E-state index is 12.6. The lowest BCUT2D eigenvalue weighted by atomic mass is 9.74. The molecule has 2 saturated carbocycles. The molecule has 1 aromatic carbocycles. The van der Waals surface area contributed by atoms with Crippen molar-refractivity contribution in [2.45, 2.75) is 50.0 Å². The van der Waals surface area contributed by atoms with Crippen LogP contribution in [0, 0.1) is 11.8 Å². The number of carbonyl (C=O) groups excluding carboxylic acids is 1. The average molecular weight is 372 g/mol. The molecule has 0 aromatic heterocycles. The molecule has 2 amide bonds. The van der Waals surface area contributed by atoms with Crippen LogP contribution in [-0.2, 0) is 10.2 Å². The molecule has 146 valence electrons. The smallest absolute Gasteiger partial charge is 0.315 e. The number of ether oxygens (including phenoxy) is 3. The van der Waals surface area contributed by atoms with E-state index in [1.165, 1.54) is 31.2 Å². The summed E-state index contributed by atoms with van der Waals surface area (Å²) in [6, 6.07) is 6.51. The first-order chi connectivity index (χ1) is 13.2. The summed E-state index contributed by atoms with van der Waals surface area (Å²) in [6.45, 7) is 2.32. The zero-order valence-electron chi connectivity index (χ0n) is 15.7. The third-order valence-electron chi connectivity index (χ3n) is 6.58. The van der Waals surface area contributed by atoms with Crippen molar-refractivity contribution in [3.8, 4) is 11.5 Å². The normalized spacial score (nSPS) is 23.3. The molecule has 2 N–H and O–H groups in total. The van der Waals surface area contributed by atoms with Gasteiger partial charge in [-0.1, -0.05) is 6.07 Å². The number of urea groups is 1. The molecule has 2 aliphatic carbocycles. The lowest BCUT2D eigenvalue weighted by Crippen LogP contribution is -2.50. The Morgan fingerprint density at radius 2 is 1.78 bits per heavy atom. The standard InChI is InChI=1S/C21H28N2O4/c24-20(23-19(14-1-2-14)15-3-4-15)22-12-21(7-9-25-10-8-21)16-5-6-17-18(11-16)27-13-26-17/h5-6,11,14-15,19H,1-4,7-10,12-13H2,(H2,22,23,24). The highest BCUT2D eigenvalue weighted by Crippen LogP contribution is 2.44. The number of hydrogen-bond acceptors (Lipinski definition) is 4. The van der Waals surface area contributed by atoms with Gasteiger partial charge in [-0.2, -0.15) is 0 Å². The van der Waals surface area contributed by atoms with Crippen LogP contribution in [0.5, 0.6) is 11.5 Å². The third-order valence-corrected chi connectivity index (χ3v) is 6.58. The molecule has 6 nitrogen and oxygen atoms in total. The van der Waals surface area contributed by atoms with E-state index in [1.807, 2.05) is 6.07 Å². The van der Waals surface area contributed by atoms with Gasteiger partial charge in [-0.25, -0.2) is 4.79 Å². The Bertz CT molecular complexity index is 696. The fraction of sp³-hybridized carbons (Fsp3) is 0.667. The van der Waals surface area contributed by atoms with Crippen LogP contribution in [0.3, 0.4) is 0 Å². The maximum Gasteiger partial charge on any atom is 0.315 e. The van der Waals surface area contributed by atoms with Crippen molar-refractivity contribution in [3.63, 3.8) is 0 Å². The molecule has 6 heteroatoms. The van der Waals surface area contributed by atoms with Gasteiger partial charge >= 0.3 is 6.03 Å². The minimum Gasteiger partial charge on any atom is -0.454 e. The van der Waals surface area contributed by atoms with Gasteiger partial charge in [0, 0.05) is 31.2 Å². The first-order valence-electron chi connectivity index (χ1n) is 10.3. The van der Waals surface area contributed by atoms with Crippen molar-refractivity contribution in [2.75, 3.05) is 26.6 Å². The summed E-state index contributed by atoms with van der Waals surface area (Å²) in [4.78, 5) is 12.6. The van der Waals surface area contributed by atoms with E-state index in [9.17, 15) is 4.79 Å². The lowest BCUT2D eigenvalue weighted by Gasteiger charge is -2.38. The molecular formula is C21H28N2O4. The molecule has 0 atom stereocenters. The molecule has 0 radical (unpaired) electrons. The number of amides is 2. The van der Waals surface area contributed by atoms with E-state index >= 15 is 0 Å². The van der Waals surface area contributed by atoms with E-state index < -0.39 is 0 Å². The number of rotatable bonds is 6. The minimum absolute atomic E-state index is 0.0228. The van der Waals surface area contributed by atoms with E-state index in [4.69, 9.17) is 14.2 Å². The number of benzene rings is 1. The number of nitrogens with one attached hydrogen (secondary N) is 2. The van der Waals surface area contributed by atoms with Crippen LogP contribution in [0.1, 0.15) is 44.1 Å². The van der Waals surface area contributed by atoms with Crippen LogP contribution < -0.4 is 20.1 Å². The zero-order valence-corrected chi connectivity index (χ0v) is 15.7. The molecule has 2 aliphatic heterocycles. The number of carbonyl (C=O) groups is 1. The van der Waals surface area contributed by atoms with Crippen LogP contribution in [0.25, 0.3) is 0 Å². The van der Waals surface area contributed by atoms with Crippen molar-refractivity contribution in [1.29, 1.82) is 0 Å². The lowest BCUT2D eigenvalue weighted by molar-refractivity contribution is 0.0505. The van der Waals surface area contributed by atoms with Crippen molar-refractivity contribution >= 4 is 6.03 Å². The van der Waals surface area contributed by atoms with Crippen LogP contribution >= 0.6 is 0 Å². The van der Waals surface area contributed by atoms with Gasteiger partial charge in [-0.3, -0.25) is 0 Å². The highest BCUT2D eigenvalue weighted by Gasteiger charge is 2.42. The molecule has 0 bridgehead atoms. The molecule has 0 unspecified atom stereocenters. The van der Waals surface area contributed by atoms with Crippen LogP contribution in [0.2, 0.25) is 0 Å². The Balaban J connectivity index is 1.28. The molecule has 2 heterocycles. The van der Waals surface area contributed by atoms with Gasteiger partial charge in [0.25, 0.3) is 0 Å². The van der Waals surface area contributed by atoms with Gasteiger partial charge in [-0.15, -0.1) is 0 Å². The van der Waals surface area contributed by atoms with Crippen molar-refractivity contribution in [1.82, 2.24) is 10.6 Å². The van der Waals surface area contributed by atoms with Gasteiger partial charge in [-0.05, 0) is 68.1 Å². The van der Waals surface area contributed by atoms with Crippen molar-refractivity contribution in [3.05, 3.63) is 23.8 Å². The molecule has 27 heavy (non-hydrogen) atoms. The highest BCUT2D eigenvalue weighted by molar-refractivity contribution is 5.74. The van der Waals surface area contributed by atoms with Gasteiger partial charge in [0.1, 0.15) is 0 Å². The Hall–Kier alpha value is -1.95. The molecule has 5 rings (SSSR count). The van der Waals surface area contributed by atoms with Gasteiger partial charge in [0.15, 0.2) is 11.5 Å². The average Bonchev–Trinajstić information content (AvgIpc) is 3.63. The second-order valence-corrected chi connectivity index (χ2v) is 8.49. The van der Waals surface area contributed by atoms with Gasteiger partial charge < -0.3 is 24.8 Å². The Labute approximate surface area is 159 Å². The summed E-state index contributed by atoms with van der Waals surface area (Å²) in [7, 11) is 0. The van der Waals surface area contributed by atoms with Gasteiger partial charge in [0.2, 0.25) is 6.79 Å². The summed E-state index contributed by atoms with van der Waals surface area (Å²) in [5.74, 6) is 3.00. The van der Waals surface area contributed by atoms with E-state index in [0.29, 0.717) is 37.6 Å². The second-order valence-electron chi connectivity index (χ2n) is 8.49. The van der Waals surface area contributed by atoms with E-state index in [1.54, 1.807) is 0 Å². The maximum atomic E-state index is 12.6. The Morgan fingerprint density at radius 3 is 2.48 bits per heavy atom. The first kappa shape index (κ1) is 17.2. The minimum atomic E-state index is -0.120. The SMILES string of the molecule is O=C(NCC1(c2ccc3c(c2)OCO3)CCOCC1)NC(C1CC1)C1CC1. The predicted octanol–water partition coefficient (Wildman–Crippen LogP) is 2.95. The first-order valence-corrected chi connectivity index (χ1v) is 10.3. The van der Waals surface area contributed by atoms with E-state index in [0.717, 1.165) is 24.3 Å². The van der Waals surface area contributed by atoms with E-state index in [2.05, 4.69) is 22.8 Å². The third kappa shape index (κ3) is 3.59. The molecule has 4 aliphatic rings. The van der Waals surface area contributed by atoms with E-state index in [-0.39, 0.29) is 18.2 Å². The molecule has 1 aromatic rings. The number of hydrogen-bond donors (Lipinski definition) is 2. The monoisotopic (exact) mass is 372 g/mol. The predicted molar refractivity (Wildman–Crippen MR) is 100 cm³/mol. The zero-order chi connectivity index (χ0) is 18.3. The second kappa shape index (κ2) is 6.89. The quantitative estimate of drug-likeness (QED) is 0.806. The Morgan fingerprint density at radius 1 is 1.07 bits per heavy atom. The van der Waals surface area contributed by atoms with Crippen molar-refractivity contribution < 1.29 is 19.0 Å². The summed E-state index contributed by atoms with van der Waals surface area (Å²) in [6.07, 6.45) is 6.84. The van der Waals surface area contributed by atoms with Crippen LogP contribution in [-0.4, -0.2) is 38.6 Å². The topological polar surface area (TPSA) is 68.8 Å². The molecular weight excluding hydrogens is 344 g/mol. The van der Waals surface area contributed by atoms with Crippen molar-refractivity contribution in [2.24, 2.45) is 11.8 Å². The summed E-state index contributed by atoms with van der Waals surface area (Å²) in [5.41, 5.74) is 1.07. The van der Waals surface area contributed by atoms with Crippen LogP contribution in [0.15, 0.2) is 18.2 Å². The largest absolute Gasteiger partial charge is 0.454 e. The highest BCUT2D eigenvalue weighted by atomic mass is 16.7. The molecule has 0 spiro atoms. The number of fused-ring (bicyclic) bond motifs is 1. The summed E-state index contributed by atoms with van der Waals surface area (Å²) in [5, 5.41) is 6.44. The fourth-order valence-corrected chi connectivity index (χ4v) is 4.54. The molecule has 3 fully saturated rings. The summed E-state index contributed by atoms with van der Waals surface area (Å²) < 4.78 is 16.6. The molecule has 1 saturated heterocycles. The van der Waals surface area contributed by atoms with Crippen LogP contribution in [0.4, 0.5) is 4.79 Å².